The molecule has 2 bridgehead atoms. The van der Waals surface area contributed by atoms with Gasteiger partial charge in [0.1, 0.15) is 5.82 Å². The quantitative estimate of drug-likeness (QED) is 0.340. The predicted molar refractivity (Wildman–Crippen MR) is 105 cm³/mol. The smallest absolute Gasteiger partial charge is 0.346 e. The van der Waals surface area contributed by atoms with E-state index in [1.54, 1.807) is 18.2 Å². The molecule has 3 fully saturated rings. The zero-order valence-electron chi connectivity index (χ0n) is 15.9. The van der Waals surface area contributed by atoms with Gasteiger partial charge in [0, 0.05) is 0 Å². The van der Waals surface area contributed by atoms with Gasteiger partial charge < -0.3 is 4.74 Å². The molecule has 5 nitrogen and oxygen atoms in total. The van der Waals surface area contributed by atoms with Gasteiger partial charge in [0.2, 0.25) is 11.8 Å². The van der Waals surface area contributed by atoms with E-state index in [9.17, 15) is 18.8 Å². The summed E-state index contributed by atoms with van der Waals surface area (Å²) in [5.41, 5.74) is 0.0297. The maximum atomic E-state index is 14.0. The van der Waals surface area contributed by atoms with Gasteiger partial charge in [0.15, 0.2) is 5.75 Å². The number of allylic oxidation sites excluding steroid dienone is 2. The standard InChI is InChI=1S/C24H18FNO4/c25-17-6-2-1-5-14(17)24(29)30-19-8-4-3-7-18(19)26-22(27)20-12-9-10-13(16-11-15(12)16)21(20)23(26)28/h1-10,12-13,15-16,20-21H,11H2. The molecule has 1 heterocycles. The van der Waals surface area contributed by atoms with Gasteiger partial charge in [0.05, 0.1) is 23.1 Å². The molecular formula is C24H18FNO4. The number of imide groups is 1. The molecular weight excluding hydrogens is 385 g/mol. The van der Waals surface area contributed by atoms with Gasteiger partial charge in [-0.1, -0.05) is 36.4 Å². The number of esters is 1. The number of anilines is 1. The van der Waals surface area contributed by atoms with Gasteiger partial charge in [-0.2, -0.15) is 0 Å². The molecule has 150 valence electrons. The lowest BCUT2D eigenvalue weighted by molar-refractivity contribution is -0.124. The van der Waals surface area contributed by atoms with Crippen molar-refractivity contribution in [2.75, 3.05) is 4.90 Å². The molecule has 5 aliphatic rings. The number of halogens is 1. The van der Waals surface area contributed by atoms with Gasteiger partial charge in [-0.05, 0) is 54.4 Å². The van der Waals surface area contributed by atoms with E-state index >= 15 is 0 Å². The molecule has 2 saturated carbocycles. The molecule has 0 radical (unpaired) electrons. The van der Waals surface area contributed by atoms with E-state index in [0.29, 0.717) is 11.8 Å². The number of hydrogen-bond donors (Lipinski definition) is 0. The lowest BCUT2D eigenvalue weighted by Gasteiger charge is -2.37. The third-order valence-electron chi connectivity index (χ3n) is 7.07. The molecule has 0 spiro atoms. The SMILES string of the molecule is O=C(Oc1ccccc1N1C(=O)C2C3C=CC(C4CC34)C2C1=O)c1ccccc1F. The fourth-order valence-corrected chi connectivity index (χ4v) is 5.70. The van der Waals surface area contributed by atoms with Crippen LogP contribution in [-0.4, -0.2) is 17.8 Å². The minimum Gasteiger partial charge on any atom is -0.421 e. The Morgan fingerprint density at radius 1 is 0.900 bits per heavy atom. The van der Waals surface area contributed by atoms with E-state index in [1.165, 1.54) is 35.2 Å². The second-order valence-electron chi connectivity index (χ2n) is 8.50. The molecule has 6 heteroatoms. The van der Waals surface area contributed by atoms with E-state index in [2.05, 4.69) is 12.2 Å². The van der Waals surface area contributed by atoms with E-state index in [0.717, 1.165) is 6.42 Å². The first-order chi connectivity index (χ1) is 14.6. The van der Waals surface area contributed by atoms with Gasteiger partial charge >= 0.3 is 5.97 Å². The molecule has 2 aromatic rings. The topological polar surface area (TPSA) is 63.7 Å². The number of hydrogen-bond acceptors (Lipinski definition) is 4. The lowest BCUT2D eigenvalue weighted by Crippen LogP contribution is -2.40. The summed E-state index contributed by atoms with van der Waals surface area (Å²) in [6.45, 7) is 0. The molecule has 2 amide bonds. The van der Waals surface area contributed by atoms with Crippen LogP contribution in [0.15, 0.2) is 60.7 Å². The maximum absolute atomic E-state index is 14.0. The van der Waals surface area contributed by atoms with Crippen molar-refractivity contribution >= 4 is 23.5 Å². The van der Waals surface area contributed by atoms with E-state index in [-0.39, 0.29) is 52.5 Å². The number of para-hydroxylation sites is 2. The summed E-state index contributed by atoms with van der Waals surface area (Å²) in [6, 6.07) is 12.0. The van der Waals surface area contributed by atoms with Crippen molar-refractivity contribution in [2.45, 2.75) is 6.42 Å². The summed E-state index contributed by atoms with van der Waals surface area (Å²) in [6.07, 6.45) is 5.31. The Hall–Kier alpha value is -3.28. The average Bonchev–Trinajstić information content (AvgIpc) is 3.53. The first kappa shape index (κ1) is 17.6. The summed E-state index contributed by atoms with van der Waals surface area (Å²) in [7, 11) is 0. The third kappa shape index (κ3) is 2.30. The highest BCUT2D eigenvalue weighted by Gasteiger charge is 2.67. The van der Waals surface area contributed by atoms with Crippen LogP contribution in [0.4, 0.5) is 10.1 Å². The minimum absolute atomic E-state index is 0.0663. The van der Waals surface area contributed by atoms with Crippen LogP contribution >= 0.6 is 0 Å². The van der Waals surface area contributed by atoms with Crippen LogP contribution in [0, 0.1) is 41.3 Å². The first-order valence-electron chi connectivity index (χ1n) is 10.2. The Morgan fingerprint density at radius 2 is 1.50 bits per heavy atom. The number of carbonyl (C=O) groups excluding carboxylic acids is 3. The Bertz CT molecular complexity index is 1110. The first-order valence-corrected chi connectivity index (χ1v) is 10.2. The largest absolute Gasteiger partial charge is 0.421 e. The number of rotatable bonds is 3. The molecule has 0 N–H and O–H groups in total. The van der Waals surface area contributed by atoms with Crippen molar-refractivity contribution in [3.63, 3.8) is 0 Å². The Morgan fingerprint density at radius 3 is 2.17 bits per heavy atom. The van der Waals surface area contributed by atoms with Crippen LogP contribution in [-0.2, 0) is 9.59 Å². The summed E-state index contributed by atoms with van der Waals surface area (Å²) < 4.78 is 19.4. The monoisotopic (exact) mass is 403 g/mol. The zero-order valence-corrected chi connectivity index (χ0v) is 15.9. The Kier molecular flexibility index (Phi) is 3.58. The van der Waals surface area contributed by atoms with Crippen LogP contribution in [0.1, 0.15) is 16.8 Å². The molecule has 30 heavy (non-hydrogen) atoms. The highest BCUT2D eigenvalue weighted by Crippen LogP contribution is 2.65. The second kappa shape index (κ2) is 6.11. The van der Waals surface area contributed by atoms with Crippen molar-refractivity contribution in [3.05, 3.63) is 72.1 Å². The molecule has 2 aromatic carbocycles. The third-order valence-corrected chi connectivity index (χ3v) is 7.07. The van der Waals surface area contributed by atoms with Crippen LogP contribution in [0.5, 0.6) is 5.75 Å². The summed E-state index contributed by atoms with van der Waals surface area (Å²) in [4.78, 5) is 40.4. The van der Waals surface area contributed by atoms with Crippen LogP contribution in [0.3, 0.4) is 0 Å². The fraction of sp³-hybridized carbons (Fsp3) is 0.292. The number of carbonyl (C=O) groups is 3. The van der Waals surface area contributed by atoms with Crippen molar-refractivity contribution in [1.82, 2.24) is 0 Å². The predicted octanol–water partition coefficient (Wildman–Crippen LogP) is 3.60. The summed E-state index contributed by atoms with van der Waals surface area (Å²) in [5.74, 6) is -1.41. The molecule has 7 rings (SSSR count). The van der Waals surface area contributed by atoms with Crippen LogP contribution < -0.4 is 9.64 Å². The fourth-order valence-electron chi connectivity index (χ4n) is 5.70. The number of benzene rings is 2. The van der Waals surface area contributed by atoms with Crippen molar-refractivity contribution in [1.29, 1.82) is 0 Å². The Labute approximate surface area is 172 Å². The maximum Gasteiger partial charge on any atom is 0.346 e. The zero-order chi connectivity index (χ0) is 20.6. The van der Waals surface area contributed by atoms with Gasteiger partial charge in [-0.15, -0.1) is 0 Å². The lowest BCUT2D eigenvalue weighted by atomic mass is 9.63. The van der Waals surface area contributed by atoms with E-state index in [4.69, 9.17) is 4.74 Å². The van der Waals surface area contributed by atoms with Crippen molar-refractivity contribution in [2.24, 2.45) is 35.5 Å². The van der Waals surface area contributed by atoms with E-state index < -0.39 is 11.8 Å². The van der Waals surface area contributed by atoms with Gasteiger partial charge in [0.25, 0.3) is 0 Å². The molecule has 1 aliphatic heterocycles. The highest BCUT2D eigenvalue weighted by atomic mass is 19.1. The molecule has 6 atom stereocenters. The molecule has 4 aliphatic carbocycles. The van der Waals surface area contributed by atoms with Gasteiger partial charge in [-0.25, -0.2) is 14.1 Å². The van der Waals surface area contributed by atoms with Crippen molar-refractivity contribution < 1.29 is 23.5 Å². The molecule has 6 unspecified atom stereocenters. The summed E-state index contributed by atoms with van der Waals surface area (Å²) in [5, 5.41) is 0. The van der Waals surface area contributed by atoms with Crippen molar-refractivity contribution in [3.8, 4) is 5.75 Å². The molecule has 1 saturated heterocycles. The minimum atomic E-state index is -0.875. The highest BCUT2D eigenvalue weighted by molar-refractivity contribution is 6.23. The van der Waals surface area contributed by atoms with Gasteiger partial charge in [-0.3, -0.25) is 9.59 Å². The van der Waals surface area contributed by atoms with Crippen LogP contribution in [0.2, 0.25) is 0 Å². The van der Waals surface area contributed by atoms with Crippen LogP contribution in [0.25, 0.3) is 0 Å². The number of nitrogens with zero attached hydrogens (tertiary/aromatic N) is 1. The van der Waals surface area contributed by atoms with E-state index in [1.807, 2.05) is 0 Å². The number of ether oxygens (including phenoxy) is 1. The molecule has 0 aromatic heterocycles. The average molecular weight is 403 g/mol. The normalized spacial score (nSPS) is 32.8. The second-order valence-corrected chi connectivity index (χ2v) is 8.50. The summed E-state index contributed by atoms with van der Waals surface area (Å²) >= 11 is 0. The number of amides is 2. The Balaban J connectivity index is 1.35.